The van der Waals surface area contributed by atoms with Crippen molar-refractivity contribution in [3.05, 3.63) is 0 Å². The Hall–Kier alpha value is -2.16. The smallest absolute Gasteiger partial charge is 0.331 e. The van der Waals surface area contributed by atoms with Crippen molar-refractivity contribution in [3.63, 3.8) is 0 Å². The first-order chi connectivity index (χ1) is 11.7. The lowest BCUT2D eigenvalue weighted by atomic mass is 9.89. The second-order valence-electron chi connectivity index (χ2n) is 6.41. The number of hydrogen-bond donors (Lipinski definition) is 4. The first kappa shape index (κ1) is 20.9. The number of rotatable bonds is 7. The van der Waals surface area contributed by atoms with Crippen molar-refractivity contribution in [1.82, 2.24) is 10.6 Å². The van der Waals surface area contributed by atoms with Crippen molar-refractivity contribution in [2.45, 2.75) is 69.5 Å². The summed E-state index contributed by atoms with van der Waals surface area (Å²) in [6, 6.07) is -2.21. The van der Waals surface area contributed by atoms with Gasteiger partial charge >= 0.3 is 11.9 Å². The molecule has 9 nitrogen and oxygen atoms in total. The average molecular weight is 357 g/mol. The Morgan fingerprint density at radius 2 is 1.68 bits per heavy atom. The van der Waals surface area contributed by atoms with E-state index in [9.17, 15) is 19.2 Å². The molecule has 5 N–H and O–H groups in total. The lowest BCUT2D eigenvalue weighted by Gasteiger charge is -2.32. The van der Waals surface area contributed by atoms with Crippen molar-refractivity contribution in [2.24, 2.45) is 5.73 Å². The lowest BCUT2D eigenvalue weighted by Crippen LogP contribution is -2.59. The van der Waals surface area contributed by atoms with E-state index in [1.165, 1.54) is 14.0 Å². The highest BCUT2D eigenvalue weighted by molar-refractivity contribution is 5.94. The molecular weight excluding hydrogens is 330 g/mol. The van der Waals surface area contributed by atoms with Crippen LogP contribution in [0.5, 0.6) is 0 Å². The van der Waals surface area contributed by atoms with Gasteiger partial charge in [0, 0.05) is 0 Å². The molecule has 2 atom stereocenters. The number of carbonyl (C=O) groups is 4. The predicted octanol–water partition coefficient (Wildman–Crippen LogP) is -0.325. The van der Waals surface area contributed by atoms with Crippen LogP contribution in [0.2, 0.25) is 0 Å². The fraction of sp³-hybridized carbons (Fsp3) is 0.750. The minimum Gasteiger partial charge on any atom is -0.481 e. The van der Waals surface area contributed by atoms with Gasteiger partial charge in [0.1, 0.15) is 11.6 Å². The van der Waals surface area contributed by atoms with Gasteiger partial charge in [0.25, 0.3) is 0 Å². The number of nitrogens with one attached hydrogen (secondary N) is 2. The van der Waals surface area contributed by atoms with Crippen molar-refractivity contribution >= 4 is 23.8 Å². The highest BCUT2D eigenvalue weighted by Gasteiger charge is 2.42. The minimum absolute atomic E-state index is 0.477. The van der Waals surface area contributed by atoms with Gasteiger partial charge < -0.3 is 26.2 Å². The third kappa shape index (κ3) is 6.00. The first-order valence-corrected chi connectivity index (χ1v) is 8.40. The lowest BCUT2D eigenvalue weighted by molar-refractivity contribution is -0.152. The standard InChI is InChI=1S/C16H27N3O6/c1-10(18-14(23)11(17)9-12(20)21)13(22)19-16(15(24)25-2)7-5-3-4-6-8-16/h10-11H,3-9,17H2,1-2H3,(H,18,23)(H,19,22)(H,20,21)/t10-,11-/m0/s1. The fourth-order valence-corrected chi connectivity index (χ4v) is 2.92. The van der Waals surface area contributed by atoms with Crippen LogP contribution in [0.25, 0.3) is 0 Å². The molecule has 0 bridgehead atoms. The SMILES string of the molecule is COC(=O)C1(NC(=O)[C@H](C)NC(=O)[C@@H](N)CC(=O)O)CCCCCC1. The molecule has 0 unspecified atom stereocenters. The zero-order valence-electron chi connectivity index (χ0n) is 14.7. The molecule has 0 radical (unpaired) electrons. The zero-order valence-corrected chi connectivity index (χ0v) is 14.7. The van der Waals surface area contributed by atoms with E-state index in [1.807, 2.05) is 0 Å². The highest BCUT2D eigenvalue weighted by Crippen LogP contribution is 2.28. The van der Waals surface area contributed by atoms with Gasteiger partial charge in [-0.2, -0.15) is 0 Å². The first-order valence-electron chi connectivity index (χ1n) is 8.40. The van der Waals surface area contributed by atoms with Gasteiger partial charge in [-0.3, -0.25) is 14.4 Å². The molecule has 0 aromatic carbocycles. The quantitative estimate of drug-likeness (QED) is 0.360. The number of amides is 2. The van der Waals surface area contributed by atoms with Crippen molar-refractivity contribution in [2.75, 3.05) is 7.11 Å². The largest absolute Gasteiger partial charge is 0.481 e. The van der Waals surface area contributed by atoms with Crippen LogP contribution in [0.4, 0.5) is 0 Å². The molecule has 9 heteroatoms. The Kier molecular flexibility index (Phi) is 7.82. The van der Waals surface area contributed by atoms with Gasteiger partial charge in [0.05, 0.1) is 19.6 Å². The second kappa shape index (κ2) is 9.36. The van der Waals surface area contributed by atoms with Gasteiger partial charge in [-0.05, 0) is 19.8 Å². The molecule has 2 amide bonds. The van der Waals surface area contributed by atoms with Gasteiger partial charge in [-0.1, -0.05) is 25.7 Å². The van der Waals surface area contributed by atoms with E-state index in [2.05, 4.69) is 10.6 Å². The van der Waals surface area contributed by atoms with Crippen molar-refractivity contribution in [3.8, 4) is 0 Å². The molecule has 1 fully saturated rings. The van der Waals surface area contributed by atoms with Crippen molar-refractivity contribution in [1.29, 1.82) is 0 Å². The number of methoxy groups -OCH3 is 1. The van der Waals surface area contributed by atoms with Crippen LogP contribution in [0.3, 0.4) is 0 Å². The number of aliphatic carboxylic acids is 1. The molecule has 25 heavy (non-hydrogen) atoms. The van der Waals surface area contributed by atoms with Crippen LogP contribution < -0.4 is 16.4 Å². The summed E-state index contributed by atoms with van der Waals surface area (Å²) in [7, 11) is 1.28. The fourth-order valence-electron chi connectivity index (χ4n) is 2.92. The maximum atomic E-state index is 12.4. The van der Waals surface area contributed by atoms with Crippen LogP contribution in [-0.4, -0.2) is 53.6 Å². The Balaban J connectivity index is 2.74. The van der Waals surface area contributed by atoms with Crippen LogP contribution in [-0.2, 0) is 23.9 Å². The molecule has 1 aliphatic carbocycles. The van der Waals surface area contributed by atoms with Gasteiger partial charge in [-0.15, -0.1) is 0 Å². The summed E-state index contributed by atoms with van der Waals surface area (Å²) < 4.78 is 4.87. The van der Waals surface area contributed by atoms with Crippen LogP contribution >= 0.6 is 0 Å². The summed E-state index contributed by atoms with van der Waals surface area (Å²) in [4.78, 5) is 47.1. The number of esters is 1. The topological polar surface area (TPSA) is 148 Å². The predicted molar refractivity (Wildman–Crippen MR) is 88.4 cm³/mol. The summed E-state index contributed by atoms with van der Waals surface area (Å²) in [6.07, 6.45) is 3.95. The third-order valence-corrected chi connectivity index (χ3v) is 4.38. The number of carboxylic acid groups (broad SMARTS) is 1. The van der Waals surface area contributed by atoms with E-state index in [1.54, 1.807) is 0 Å². The monoisotopic (exact) mass is 357 g/mol. The van der Waals surface area contributed by atoms with E-state index in [-0.39, 0.29) is 0 Å². The maximum Gasteiger partial charge on any atom is 0.331 e. The van der Waals surface area contributed by atoms with E-state index in [0.717, 1.165) is 25.7 Å². The number of nitrogens with two attached hydrogens (primary N) is 1. The molecule has 0 saturated heterocycles. The Morgan fingerprint density at radius 1 is 1.12 bits per heavy atom. The molecule has 1 saturated carbocycles. The highest BCUT2D eigenvalue weighted by atomic mass is 16.5. The summed E-state index contributed by atoms with van der Waals surface area (Å²) >= 11 is 0. The molecule has 0 aromatic rings. The molecule has 142 valence electrons. The number of hydrogen-bond acceptors (Lipinski definition) is 6. The van der Waals surface area contributed by atoms with Crippen molar-refractivity contribution < 1.29 is 29.0 Å². The zero-order chi connectivity index (χ0) is 19.0. The Morgan fingerprint density at radius 3 is 2.16 bits per heavy atom. The average Bonchev–Trinajstić information content (AvgIpc) is 2.79. The number of carboxylic acids is 1. The van der Waals surface area contributed by atoms with Gasteiger partial charge in [0.2, 0.25) is 11.8 Å². The van der Waals surface area contributed by atoms with Gasteiger partial charge in [-0.25, -0.2) is 4.79 Å². The third-order valence-electron chi connectivity index (χ3n) is 4.38. The summed E-state index contributed by atoms with van der Waals surface area (Å²) in [5, 5.41) is 13.7. The molecule has 0 aromatic heterocycles. The Bertz CT molecular complexity index is 514. The van der Waals surface area contributed by atoms with Crippen LogP contribution in [0, 0.1) is 0 Å². The van der Waals surface area contributed by atoms with Crippen LogP contribution in [0.15, 0.2) is 0 Å². The molecular formula is C16H27N3O6. The number of ether oxygens (including phenoxy) is 1. The van der Waals surface area contributed by atoms with E-state index in [4.69, 9.17) is 15.6 Å². The summed E-state index contributed by atoms with van der Waals surface area (Å²) in [6.45, 7) is 1.45. The minimum atomic E-state index is -1.25. The Labute approximate surface area is 146 Å². The normalized spacial score (nSPS) is 19.0. The molecule has 0 aliphatic heterocycles. The summed E-state index contributed by atoms with van der Waals surface area (Å²) in [5.41, 5.74) is 4.38. The molecule has 1 aliphatic rings. The number of carbonyl (C=O) groups excluding carboxylic acids is 3. The van der Waals surface area contributed by atoms with E-state index >= 15 is 0 Å². The van der Waals surface area contributed by atoms with E-state index in [0.29, 0.717) is 12.8 Å². The van der Waals surface area contributed by atoms with E-state index < -0.39 is 47.8 Å². The second-order valence-corrected chi connectivity index (χ2v) is 6.41. The summed E-state index contributed by atoms with van der Waals surface area (Å²) in [5.74, 6) is -2.98. The molecule has 0 heterocycles. The van der Waals surface area contributed by atoms with Gasteiger partial charge in [0.15, 0.2) is 0 Å². The van der Waals surface area contributed by atoms with Crippen LogP contribution in [0.1, 0.15) is 51.9 Å². The molecule has 0 spiro atoms. The maximum absolute atomic E-state index is 12.4. The molecule has 1 rings (SSSR count).